The lowest BCUT2D eigenvalue weighted by atomic mass is 9.67. The summed E-state index contributed by atoms with van der Waals surface area (Å²) in [5, 5.41) is 3.52. The molecule has 0 aliphatic carbocycles. The van der Waals surface area contributed by atoms with E-state index in [1.54, 1.807) is 18.2 Å². The maximum Gasteiger partial charge on any atom is 0.573 e. The van der Waals surface area contributed by atoms with Gasteiger partial charge >= 0.3 is 6.36 Å². The Kier molecular flexibility index (Phi) is 6.92. The van der Waals surface area contributed by atoms with Gasteiger partial charge in [-0.2, -0.15) is 0 Å². The summed E-state index contributed by atoms with van der Waals surface area (Å²) >= 11 is 0. The molecule has 204 valence electrons. The molecule has 1 unspecified atom stereocenters. The molecule has 1 saturated heterocycles. The number of alkyl halides is 3. The number of anilines is 1. The summed E-state index contributed by atoms with van der Waals surface area (Å²) in [6.45, 7) is 2.87. The second kappa shape index (κ2) is 10.1. The molecule has 3 aromatic carbocycles. The summed E-state index contributed by atoms with van der Waals surface area (Å²) in [6, 6.07) is 13.9. The van der Waals surface area contributed by atoms with Crippen LogP contribution in [0.15, 0.2) is 60.7 Å². The lowest BCUT2D eigenvalue weighted by Crippen LogP contribution is -2.56. The Hall–Kier alpha value is -3.79. The molecule has 1 spiro atoms. The van der Waals surface area contributed by atoms with E-state index in [0.717, 1.165) is 12.1 Å². The third-order valence-corrected chi connectivity index (χ3v) is 7.48. The number of carbonyl (C=O) groups is 2. The zero-order valence-corrected chi connectivity index (χ0v) is 20.9. The van der Waals surface area contributed by atoms with Gasteiger partial charge in [-0.15, -0.1) is 13.2 Å². The molecule has 2 aliphatic rings. The molecule has 10 heteroatoms. The lowest BCUT2D eigenvalue weighted by molar-refractivity contribution is -0.274. The van der Waals surface area contributed by atoms with Crippen LogP contribution in [0.2, 0.25) is 0 Å². The van der Waals surface area contributed by atoms with Crippen LogP contribution in [0, 0.1) is 11.6 Å². The zero-order valence-electron chi connectivity index (χ0n) is 20.9. The maximum absolute atomic E-state index is 13.9. The Morgan fingerprint density at radius 3 is 2.31 bits per heavy atom. The minimum absolute atomic E-state index is 0.148. The Morgan fingerprint density at radius 1 is 1.00 bits per heavy atom. The molecule has 1 fully saturated rings. The van der Waals surface area contributed by atoms with E-state index in [-0.39, 0.29) is 17.3 Å². The summed E-state index contributed by atoms with van der Waals surface area (Å²) in [5.74, 6) is -3.28. The number of carbonyl (C=O) groups excluding carboxylic acids is 2. The van der Waals surface area contributed by atoms with Gasteiger partial charge in [0.15, 0.2) is 23.2 Å². The first-order valence-corrected chi connectivity index (χ1v) is 12.4. The standard InChI is InChI=1S/C29H25F5N2O3/c1-17(37)20-5-8-22-25(15-20)35-28(10-12-36(13-11-28)16-18-2-9-23(30)24(31)14-18)26(27(22)38)19-3-6-21(7-4-19)39-29(32,33)34/h2-9,14-15,26,35H,10-13,16H2,1H3. The van der Waals surface area contributed by atoms with E-state index in [2.05, 4.69) is 15.0 Å². The number of ether oxygens (including phenoxy) is 1. The molecule has 0 saturated carbocycles. The molecule has 0 bridgehead atoms. The average Bonchev–Trinajstić information content (AvgIpc) is 2.87. The van der Waals surface area contributed by atoms with Crippen LogP contribution < -0.4 is 10.1 Å². The fraction of sp³-hybridized carbons (Fsp3) is 0.310. The molecular formula is C29H25F5N2O3. The first-order valence-electron chi connectivity index (χ1n) is 12.4. The van der Waals surface area contributed by atoms with Crippen molar-refractivity contribution < 1.29 is 36.3 Å². The highest BCUT2D eigenvalue weighted by atomic mass is 19.4. The van der Waals surface area contributed by atoms with Crippen molar-refractivity contribution in [2.75, 3.05) is 18.4 Å². The molecular weight excluding hydrogens is 519 g/mol. The smallest absolute Gasteiger partial charge is 0.406 e. The minimum atomic E-state index is -4.83. The van der Waals surface area contributed by atoms with Crippen LogP contribution in [-0.4, -0.2) is 41.5 Å². The molecule has 2 aliphatic heterocycles. The molecule has 2 heterocycles. The van der Waals surface area contributed by atoms with Gasteiger partial charge < -0.3 is 10.1 Å². The topological polar surface area (TPSA) is 58.6 Å². The van der Waals surface area contributed by atoms with Crippen molar-refractivity contribution in [1.82, 2.24) is 4.90 Å². The highest BCUT2D eigenvalue weighted by molar-refractivity contribution is 6.10. The maximum atomic E-state index is 13.9. The number of rotatable bonds is 5. The van der Waals surface area contributed by atoms with Crippen molar-refractivity contribution in [3.05, 3.63) is 94.6 Å². The predicted molar refractivity (Wildman–Crippen MR) is 134 cm³/mol. The van der Waals surface area contributed by atoms with Crippen LogP contribution in [0.4, 0.5) is 27.6 Å². The van der Waals surface area contributed by atoms with E-state index in [1.165, 1.54) is 37.3 Å². The number of hydrogen-bond acceptors (Lipinski definition) is 5. The first-order chi connectivity index (χ1) is 18.4. The van der Waals surface area contributed by atoms with Gasteiger partial charge in [-0.05, 0) is 67.3 Å². The van der Waals surface area contributed by atoms with E-state index < -0.39 is 29.5 Å². The summed E-state index contributed by atoms with van der Waals surface area (Å²) < 4.78 is 69.1. The SMILES string of the molecule is CC(=O)c1ccc2c(c1)NC1(CCN(Cc3ccc(F)c(F)c3)CC1)C(c1ccc(OC(F)(F)F)cc1)C2=O. The van der Waals surface area contributed by atoms with Gasteiger partial charge in [0.25, 0.3) is 0 Å². The average molecular weight is 545 g/mol. The highest BCUT2D eigenvalue weighted by Gasteiger charge is 2.49. The number of fused-ring (bicyclic) bond motifs is 1. The number of benzene rings is 3. The molecule has 39 heavy (non-hydrogen) atoms. The Labute approximate surface area is 221 Å². The second-order valence-corrected chi connectivity index (χ2v) is 10.0. The zero-order chi connectivity index (χ0) is 27.9. The molecule has 0 aromatic heterocycles. The largest absolute Gasteiger partial charge is 0.573 e. The van der Waals surface area contributed by atoms with Crippen molar-refractivity contribution in [1.29, 1.82) is 0 Å². The van der Waals surface area contributed by atoms with Gasteiger partial charge in [-0.1, -0.05) is 24.3 Å². The Bertz CT molecular complexity index is 1410. The van der Waals surface area contributed by atoms with Crippen LogP contribution in [0.25, 0.3) is 0 Å². The summed E-state index contributed by atoms with van der Waals surface area (Å²) in [4.78, 5) is 28.0. The number of Topliss-reactive ketones (excluding diaryl/α,β-unsaturated/α-hetero) is 2. The van der Waals surface area contributed by atoms with E-state index in [9.17, 15) is 31.5 Å². The van der Waals surface area contributed by atoms with E-state index in [0.29, 0.717) is 60.4 Å². The summed E-state index contributed by atoms with van der Waals surface area (Å²) in [5.41, 5.74) is 1.76. The van der Waals surface area contributed by atoms with Crippen LogP contribution >= 0.6 is 0 Å². The van der Waals surface area contributed by atoms with Crippen molar-refractivity contribution in [3.8, 4) is 5.75 Å². The van der Waals surface area contributed by atoms with Crippen molar-refractivity contribution >= 4 is 17.3 Å². The first kappa shape index (κ1) is 26.8. The minimum Gasteiger partial charge on any atom is -0.406 e. The Morgan fingerprint density at radius 2 is 1.69 bits per heavy atom. The quantitative estimate of drug-likeness (QED) is 0.294. The van der Waals surface area contributed by atoms with E-state index in [4.69, 9.17) is 0 Å². The molecule has 5 rings (SSSR count). The van der Waals surface area contributed by atoms with E-state index >= 15 is 0 Å². The Balaban J connectivity index is 1.46. The van der Waals surface area contributed by atoms with Gasteiger partial charge in [0.1, 0.15) is 5.75 Å². The van der Waals surface area contributed by atoms with Gasteiger partial charge in [-0.25, -0.2) is 8.78 Å². The van der Waals surface area contributed by atoms with Gasteiger partial charge in [0, 0.05) is 36.4 Å². The van der Waals surface area contributed by atoms with Crippen LogP contribution in [0.1, 0.15) is 57.5 Å². The number of piperidine rings is 1. The molecule has 5 nitrogen and oxygen atoms in total. The number of nitrogens with zero attached hydrogens (tertiary/aromatic N) is 1. The fourth-order valence-corrected chi connectivity index (χ4v) is 5.58. The summed E-state index contributed by atoms with van der Waals surface area (Å²) in [7, 11) is 0. The van der Waals surface area contributed by atoms with Crippen LogP contribution in [0.5, 0.6) is 5.75 Å². The van der Waals surface area contributed by atoms with Gasteiger partial charge in [0.05, 0.1) is 11.5 Å². The molecule has 0 amide bonds. The number of hydrogen-bond donors (Lipinski definition) is 1. The van der Waals surface area contributed by atoms with Crippen molar-refractivity contribution in [2.45, 2.75) is 44.1 Å². The normalized spacial score (nSPS) is 18.9. The fourth-order valence-electron chi connectivity index (χ4n) is 5.58. The highest BCUT2D eigenvalue weighted by Crippen LogP contribution is 2.47. The molecule has 0 radical (unpaired) electrons. The third-order valence-electron chi connectivity index (χ3n) is 7.48. The van der Waals surface area contributed by atoms with Crippen molar-refractivity contribution in [3.63, 3.8) is 0 Å². The lowest BCUT2D eigenvalue weighted by Gasteiger charge is -2.50. The van der Waals surface area contributed by atoms with Gasteiger partial charge in [-0.3, -0.25) is 14.5 Å². The van der Waals surface area contributed by atoms with Gasteiger partial charge in [0.2, 0.25) is 0 Å². The second-order valence-electron chi connectivity index (χ2n) is 10.0. The predicted octanol–water partition coefficient (Wildman–Crippen LogP) is 6.49. The van der Waals surface area contributed by atoms with Crippen LogP contribution in [-0.2, 0) is 6.54 Å². The van der Waals surface area contributed by atoms with Crippen molar-refractivity contribution in [2.24, 2.45) is 0 Å². The summed E-state index contributed by atoms with van der Waals surface area (Å²) in [6.07, 6.45) is -3.87. The van der Waals surface area contributed by atoms with E-state index in [1.807, 2.05) is 0 Å². The third kappa shape index (κ3) is 5.52. The van der Waals surface area contributed by atoms with Crippen LogP contribution in [0.3, 0.4) is 0 Å². The molecule has 1 N–H and O–H groups in total. The number of ketones is 2. The number of nitrogens with one attached hydrogen (secondary N) is 1. The number of halogens is 5. The monoisotopic (exact) mass is 544 g/mol. The molecule has 1 atom stereocenters. The molecule has 3 aromatic rings. The number of likely N-dealkylation sites (tertiary alicyclic amines) is 1.